The van der Waals surface area contributed by atoms with E-state index >= 15 is 0 Å². The van der Waals surface area contributed by atoms with Gasteiger partial charge in [0.1, 0.15) is 0 Å². The van der Waals surface area contributed by atoms with Gasteiger partial charge in [0.05, 0.1) is 11.7 Å². The van der Waals surface area contributed by atoms with Crippen LogP contribution in [0.3, 0.4) is 0 Å². The van der Waals surface area contributed by atoms with Gasteiger partial charge in [-0.1, -0.05) is 52.4 Å². The largest absolute Gasteiger partial charge is 0.322 e. The Balaban J connectivity index is 1.84. The molecule has 0 aromatic heterocycles. The molecule has 3 rings (SSSR count). The lowest BCUT2D eigenvalue weighted by Crippen LogP contribution is -2.48. The molecule has 2 aliphatic carbocycles. The summed E-state index contributed by atoms with van der Waals surface area (Å²) in [6.07, 6.45) is 13.6. The van der Waals surface area contributed by atoms with Crippen molar-refractivity contribution in [2.45, 2.75) is 102 Å². The van der Waals surface area contributed by atoms with Crippen LogP contribution in [0.5, 0.6) is 0 Å². The minimum absolute atomic E-state index is 0.189. The molecule has 3 heteroatoms. The molecular formula is C18H32N2O. The molecule has 0 aromatic rings. The number of carbonyl (C=O) groups is 1. The Labute approximate surface area is 129 Å². The first kappa shape index (κ1) is 15.3. The zero-order chi connectivity index (χ0) is 14.9. The zero-order valence-electron chi connectivity index (χ0n) is 13.9. The first-order chi connectivity index (χ1) is 10.2. The Hall–Kier alpha value is -0.570. The van der Waals surface area contributed by atoms with E-state index in [4.69, 9.17) is 0 Å². The predicted molar refractivity (Wildman–Crippen MR) is 85.9 cm³/mol. The van der Waals surface area contributed by atoms with Crippen molar-refractivity contribution >= 4 is 5.91 Å². The highest BCUT2D eigenvalue weighted by Gasteiger charge is 2.54. The lowest BCUT2D eigenvalue weighted by atomic mass is 9.92. The summed E-state index contributed by atoms with van der Waals surface area (Å²) in [5.41, 5.74) is -0.189. The van der Waals surface area contributed by atoms with Crippen molar-refractivity contribution in [2.24, 2.45) is 5.92 Å². The van der Waals surface area contributed by atoms with Crippen molar-refractivity contribution in [3.8, 4) is 0 Å². The fourth-order valence-electron chi connectivity index (χ4n) is 4.93. The number of amides is 1. The van der Waals surface area contributed by atoms with Crippen molar-refractivity contribution in [3.05, 3.63) is 0 Å². The summed E-state index contributed by atoms with van der Waals surface area (Å²) >= 11 is 0. The third-order valence-corrected chi connectivity index (χ3v) is 6.12. The predicted octanol–water partition coefficient (Wildman–Crippen LogP) is 3.83. The lowest BCUT2D eigenvalue weighted by Gasteiger charge is -2.36. The fourth-order valence-corrected chi connectivity index (χ4v) is 4.93. The van der Waals surface area contributed by atoms with Gasteiger partial charge in [-0.25, -0.2) is 0 Å². The Morgan fingerprint density at radius 1 is 1.14 bits per heavy atom. The number of hydrogen-bond donors (Lipinski definition) is 1. The van der Waals surface area contributed by atoms with Gasteiger partial charge in [-0.2, -0.15) is 0 Å². The zero-order valence-corrected chi connectivity index (χ0v) is 13.9. The van der Waals surface area contributed by atoms with Gasteiger partial charge in [-0.05, 0) is 38.0 Å². The highest BCUT2D eigenvalue weighted by Crippen LogP contribution is 2.40. The number of nitrogens with zero attached hydrogens (tertiary/aromatic N) is 1. The van der Waals surface area contributed by atoms with E-state index in [2.05, 4.69) is 24.1 Å². The van der Waals surface area contributed by atoms with Crippen LogP contribution in [0.15, 0.2) is 0 Å². The van der Waals surface area contributed by atoms with E-state index in [1.165, 1.54) is 44.9 Å². The van der Waals surface area contributed by atoms with Crippen LogP contribution in [0.25, 0.3) is 0 Å². The van der Waals surface area contributed by atoms with Crippen LogP contribution in [0.1, 0.15) is 84.5 Å². The minimum Gasteiger partial charge on any atom is -0.322 e. The van der Waals surface area contributed by atoms with Gasteiger partial charge in [0, 0.05) is 6.04 Å². The Morgan fingerprint density at radius 2 is 1.86 bits per heavy atom. The van der Waals surface area contributed by atoms with E-state index < -0.39 is 0 Å². The van der Waals surface area contributed by atoms with Crippen molar-refractivity contribution in [1.29, 1.82) is 0 Å². The maximum atomic E-state index is 13.2. The van der Waals surface area contributed by atoms with Crippen LogP contribution in [0, 0.1) is 5.92 Å². The molecule has 1 N–H and O–H groups in total. The summed E-state index contributed by atoms with van der Waals surface area (Å²) in [6.45, 7) is 4.60. The average molecular weight is 292 g/mol. The molecule has 0 aromatic carbocycles. The van der Waals surface area contributed by atoms with Gasteiger partial charge >= 0.3 is 0 Å². The molecular weight excluding hydrogens is 260 g/mol. The second kappa shape index (κ2) is 6.28. The van der Waals surface area contributed by atoms with Crippen LogP contribution >= 0.6 is 0 Å². The maximum Gasteiger partial charge on any atom is 0.244 e. The summed E-state index contributed by atoms with van der Waals surface area (Å²) in [4.78, 5) is 15.5. The summed E-state index contributed by atoms with van der Waals surface area (Å²) in [6, 6.07) is 0.476. The first-order valence-corrected chi connectivity index (χ1v) is 9.28. The number of hydrogen-bond acceptors (Lipinski definition) is 2. The summed E-state index contributed by atoms with van der Waals surface area (Å²) in [5, 5.41) is 3.78. The Kier molecular flexibility index (Phi) is 4.58. The highest BCUT2D eigenvalue weighted by molar-refractivity contribution is 5.89. The van der Waals surface area contributed by atoms with Crippen molar-refractivity contribution < 1.29 is 4.79 Å². The Bertz CT molecular complexity index is 375. The molecule has 3 nitrogen and oxygen atoms in total. The molecule has 0 bridgehead atoms. The molecule has 1 amide bonds. The van der Waals surface area contributed by atoms with Gasteiger partial charge in [-0.3, -0.25) is 10.1 Å². The lowest BCUT2D eigenvalue weighted by molar-refractivity contribution is -0.136. The molecule has 3 atom stereocenters. The molecule has 3 fully saturated rings. The minimum atomic E-state index is -0.189. The van der Waals surface area contributed by atoms with E-state index in [0.717, 1.165) is 25.7 Å². The number of nitrogens with one attached hydrogen (secondary N) is 1. The van der Waals surface area contributed by atoms with Gasteiger partial charge < -0.3 is 4.90 Å². The van der Waals surface area contributed by atoms with E-state index in [9.17, 15) is 4.79 Å². The standard InChI is InChI=1S/C18H32N2O/c1-3-9-16-19-18(12-7-8-13-18)17(21)20(16)15-11-6-4-5-10-14(15)2/h14-16,19H,3-13H2,1-2H3. The maximum absolute atomic E-state index is 13.2. The highest BCUT2D eigenvalue weighted by atomic mass is 16.2. The third-order valence-electron chi connectivity index (χ3n) is 6.12. The molecule has 3 unspecified atom stereocenters. The quantitative estimate of drug-likeness (QED) is 0.802. The summed E-state index contributed by atoms with van der Waals surface area (Å²) in [7, 11) is 0. The fraction of sp³-hybridized carbons (Fsp3) is 0.944. The molecule has 120 valence electrons. The van der Waals surface area contributed by atoms with E-state index in [1.807, 2.05) is 0 Å². The van der Waals surface area contributed by atoms with Gasteiger partial charge in [0.25, 0.3) is 0 Å². The molecule has 2 saturated carbocycles. The van der Waals surface area contributed by atoms with Crippen molar-refractivity contribution in [1.82, 2.24) is 10.2 Å². The topological polar surface area (TPSA) is 32.3 Å². The summed E-state index contributed by atoms with van der Waals surface area (Å²) < 4.78 is 0. The number of rotatable bonds is 3. The van der Waals surface area contributed by atoms with Crippen LogP contribution in [-0.2, 0) is 4.79 Å². The second-order valence-electron chi connectivity index (χ2n) is 7.63. The molecule has 3 aliphatic rings. The van der Waals surface area contributed by atoms with Crippen LogP contribution in [0.4, 0.5) is 0 Å². The molecule has 1 aliphatic heterocycles. The van der Waals surface area contributed by atoms with Crippen LogP contribution < -0.4 is 5.32 Å². The van der Waals surface area contributed by atoms with Gasteiger partial charge in [0.2, 0.25) is 5.91 Å². The van der Waals surface area contributed by atoms with Crippen molar-refractivity contribution in [2.75, 3.05) is 0 Å². The van der Waals surface area contributed by atoms with E-state index in [0.29, 0.717) is 24.0 Å². The summed E-state index contributed by atoms with van der Waals surface area (Å²) in [5.74, 6) is 1.10. The van der Waals surface area contributed by atoms with Crippen LogP contribution in [0.2, 0.25) is 0 Å². The molecule has 21 heavy (non-hydrogen) atoms. The molecule has 0 radical (unpaired) electrons. The average Bonchev–Trinajstić information content (AvgIpc) is 2.96. The van der Waals surface area contributed by atoms with E-state index in [1.54, 1.807) is 0 Å². The Morgan fingerprint density at radius 3 is 2.57 bits per heavy atom. The van der Waals surface area contributed by atoms with Gasteiger partial charge in [0.15, 0.2) is 0 Å². The molecule has 1 spiro atoms. The second-order valence-corrected chi connectivity index (χ2v) is 7.63. The smallest absolute Gasteiger partial charge is 0.244 e. The molecule has 1 heterocycles. The normalized spacial score (nSPS) is 36.4. The van der Waals surface area contributed by atoms with E-state index in [-0.39, 0.29) is 5.54 Å². The van der Waals surface area contributed by atoms with Crippen molar-refractivity contribution in [3.63, 3.8) is 0 Å². The molecule has 1 saturated heterocycles. The van der Waals surface area contributed by atoms with Crippen LogP contribution in [-0.4, -0.2) is 28.6 Å². The first-order valence-electron chi connectivity index (χ1n) is 9.28. The SMILES string of the molecule is CCCC1NC2(CCCC2)C(=O)N1C1CCCCCC1C. The number of carbonyl (C=O) groups excluding carboxylic acids is 1. The third kappa shape index (κ3) is 2.74. The monoisotopic (exact) mass is 292 g/mol. The van der Waals surface area contributed by atoms with Gasteiger partial charge in [-0.15, -0.1) is 0 Å².